The second-order valence-electron chi connectivity index (χ2n) is 5.75. The monoisotopic (exact) mass is 297 g/mol. The summed E-state index contributed by atoms with van der Waals surface area (Å²) in [5, 5.41) is 0. The lowest BCUT2D eigenvalue weighted by Gasteiger charge is -2.11. The van der Waals surface area contributed by atoms with E-state index in [9.17, 15) is 0 Å². The third kappa shape index (κ3) is 5.19. The van der Waals surface area contributed by atoms with Crippen LogP contribution in [0.15, 0.2) is 48.5 Å². The molecule has 118 valence electrons. The lowest BCUT2D eigenvalue weighted by Crippen LogP contribution is -2.00. The maximum absolute atomic E-state index is 5.98. The topological polar surface area (TPSA) is 35.2 Å². The van der Waals surface area contributed by atoms with Crippen LogP contribution < -0.4 is 10.5 Å². The summed E-state index contributed by atoms with van der Waals surface area (Å²) in [7, 11) is 0. The highest BCUT2D eigenvalue weighted by molar-refractivity contribution is 5.65. The van der Waals surface area contributed by atoms with Crippen LogP contribution in [0.1, 0.15) is 37.7 Å². The summed E-state index contributed by atoms with van der Waals surface area (Å²) in [5.41, 5.74) is 9.14. The highest BCUT2D eigenvalue weighted by atomic mass is 16.5. The molecule has 0 aliphatic heterocycles. The summed E-state index contributed by atoms with van der Waals surface area (Å²) in [4.78, 5) is 0. The lowest BCUT2D eigenvalue weighted by atomic mass is 10.0. The molecule has 2 N–H and O–H groups in total. The maximum atomic E-state index is 5.98. The summed E-state index contributed by atoms with van der Waals surface area (Å²) < 4.78 is 5.98. The number of hydrogen-bond donors (Lipinski definition) is 1. The molecular weight excluding hydrogens is 270 g/mol. The van der Waals surface area contributed by atoms with Crippen molar-refractivity contribution in [1.82, 2.24) is 0 Å². The molecule has 22 heavy (non-hydrogen) atoms. The van der Waals surface area contributed by atoms with E-state index in [1.54, 1.807) is 0 Å². The van der Waals surface area contributed by atoms with Crippen LogP contribution in [0.2, 0.25) is 0 Å². The molecule has 0 saturated carbocycles. The van der Waals surface area contributed by atoms with E-state index in [0.29, 0.717) is 0 Å². The Labute approximate surface area is 134 Å². The van der Waals surface area contributed by atoms with E-state index >= 15 is 0 Å². The molecule has 0 aliphatic carbocycles. The van der Waals surface area contributed by atoms with Gasteiger partial charge in [-0.05, 0) is 49.1 Å². The Kier molecular flexibility index (Phi) is 6.98. The Hall–Kier alpha value is -1.80. The Morgan fingerprint density at radius 1 is 0.818 bits per heavy atom. The van der Waals surface area contributed by atoms with Gasteiger partial charge >= 0.3 is 0 Å². The molecule has 0 saturated heterocycles. The molecule has 2 nitrogen and oxygen atoms in total. The van der Waals surface area contributed by atoms with E-state index in [4.69, 9.17) is 10.5 Å². The van der Waals surface area contributed by atoms with Gasteiger partial charge in [0.05, 0.1) is 6.61 Å². The fourth-order valence-corrected chi connectivity index (χ4v) is 2.52. The summed E-state index contributed by atoms with van der Waals surface area (Å²) in [5.74, 6) is 1.00. The third-order valence-corrected chi connectivity index (χ3v) is 3.90. The van der Waals surface area contributed by atoms with Gasteiger partial charge in [0, 0.05) is 0 Å². The van der Waals surface area contributed by atoms with E-state index in [-0.39, 0.29) is 0 Å². The highest BCUT2D eigenvalue weighted by Gasteiger charge is 2.03. The standard InChI is InChI=1S/C20H27NO/c1-17-12-13-19(18-10-6-5-7-11-18)16-20(17)22-15-9-4-2-3-8-14-21/h5-7,10-13,16H,2-4,8-9,14-15,21H2,1H3. The van der Waals surface area contributed by atoms with Gasteiger partial charge in [0.15, 0.2) is 0 Å². The second kappa shape index (κ2) is 9.26. The van der Waals surface area contributed by atoms with Gasteiger partial charge in [0.1, 0.15) is 5.75 Å². The number of benzene rings is 2. The van der Waals surface area contributed by atoms with Crippen molar-refractivity contribution in [1.29, 1.82) is 0 Å². The van der Waals surface area contributed by atoms with Crippen molar-refractivity contribution in [3.63, 3.8) is 0 Å². The first-order chi connectivity index (χ1) is 10.8. The Balaban J connectivity index is 1.86. The number of aryl methyl sites for hydroxylation is 1. The van der Waals surface area contributed by atoms with Crippen LogP contribution in [0.4, 0.5) is 0 Å². The van der Waals surface area contributed by atoms with Crippen LogP contribution in [0, 0.1) is 6.92 Å². The van der Waals surface area contributed by atoms with Crippen molar-refractivity contribution in [2.24, 2.45) is 5.73 Å². The van der Waals surface area contributed by atoms with Crippen LogP contribution >= 0.6 is 0 Å². The van der Waals surface area contributed by atoms with Crippen molar-refractivity contribution >= 4 is 0 Å². The third-order valence-electron chi connectivity index (χ3n) is 3.90. The van der Waals surface area contributed by atoms with Crippen LogP contribution in [-0.4, -0.2) is 13.2 Å². The zero-order valence-corrected chi connectivity index (χ0v) is 13.6. The number of nitrogens with two attached hydrogens (primary N) is 1. The predicted molar refractivity (Wildman–Crippen MR) is 94.2 cm³/mol. The predicted octanol–water partition coefficient (Wildman–Crippen LogP) is 4.95. The molecule has 0 heterocycles. The molecule has 0 atom stereocenters. The van der Waals surface area contributed by atoms with E-state index < -0.39 is 0 Å². The summed E-state index contributed by atoms with van der Waals surface area (Å²) >= 11 is 0. The van der Waals surface area contributed by atoms with E-state index in [1.807, 2.05) is 6.07 Å². The van der Waals surface area contributed by atoms with E-state index in [2.05, 4.69) is 49.4 Å². The molecular formula is C20H27NO. The SMILES string of the molecule is Cc1ccc(-c2ccccc2)cc1OCCCCCCCN. The minimum absolute atomic E-state index is 0.793. The highest BCUT2D eigenvalue weighted by Crippen LogP contribution is 2.27. The summed E-state index contributed by atoms with van der Waals surface area (Å²) in [6.07, 6.45) is 5.96. The number of ether oxygens (including phenoxy) is 1. The molecule has 0 amide bonds. The summed E-state index contributed by atoms with van der Waals surface area (Å²) in [6, 6.07) is 16.9. The maximum Gasteiger partial charge on any atom is 0.122 e. The zero-order chi connectivity index (χ0) is 15.6. The van der Waals surface area contributed by atoms with Crippen molar-refractivity contribution in [2.45, 2.75) is 39.0 Å². The van der Waals surface area contributed by atoms with Crippen molar-refractivity contribution in [2.75, 3.05) is 13.2 Å². The van der Waals surface area contributed by atoms with Gasteiger partial charge in [-0.25, -0.2) is 0 Å². The first-order valence-corrected chi connectivity index (χ1v) is 8.30. The molecule has 2 aromatic carbocycles. The average molecular weight is 297 g/mol. The molecule has 2 heteroatoms. The molecule has 0 bridgehead atoms. The van der Waals surface area contributed by atoms with E-state index in [1.165, 1.54) is 36.0 Å². The lowest BCUT2D eigenvalue weighted by molar-refractivity contribution is 0.302. The van der Waals surface area contributed by atoms with Gasteiger partial charge in [0.25, 0.3) is 0 Å². The molecule has 0 aliphatic rings. The molecule has 0 unspecified atom stereocenters. The van der Waals surface area contributed by atoms with Crippen LogP contribution in [0.25, 0.3) is 11.1 Å². The Morgan fingerprint density at radius 3 is 2.32 bits per heavy atom. The van der Waals surface area contributed by atoms with Crippen molar-refractivity contribution in [3.05, 3.63) is 54.1 Å². The Bertz CT molecular complexity index is 551. The number of rotatable bonds is 9. The number of hydrogen-bond acceptors (Lipinski definition) is 2. The first-order valence-electron chi connectivity index (χ1n) is 8.30. The first kappa shape index (κ1) is 16.6. The van der Waals surface area contributed by atoms with E-state index in [0.717, 1.165) is 31.7 Å². The van der Waals surface area contributed by atoms with Crippen LogP contribution in [-0.2, 0) is 0 Å². The van der Waals surface area contributed by atoms with Crippen LogP contribution in [0.5, 0.6) is 5.75 Å². The fraction of sp³-hybridized carbons (Fsp3) is 0.400. The average Bonchev–Trinajstić information content (AvgIpc) is 2.56. The van der Waals surface area contributed by atoms with Gasteiger partial charge < -0.3 is 10.5 Å². The largest absolute Gasteiger partial charge is 0.493 e. The minimum atomic E-state index is 0.793. The minimum Gasteiger partial charge on any atom is -0.493 e. The normalized spacial score (nSPS) is 10.6. The Morgan fingerprint density at radius 2 is 1.55 bits per heavy atom. The van der Waals surface area contributed by atoms with Gasteiger partial charge in [-0.15, -0.1) is 0 Å². The van der Waals surface area contributed by atoms with Crippen molar-refractivity contribution in [3.8, 4) is 16.9 Å². The van der Waals surface area contributed by atoms with Gasteiger partial charge in [0.2, 0.25) is 0 Å². The van der Waals surface area contributed by atoms with Gasteiger partial charge in [-0.1, -0.05) is 61.7 Å². The molecule has 0 aromatic heterocycles. The number of unbranched alkanes of at least 4 members (excludes halogenated alkanes) is 4. The smallest absolute Gasteiger partial charge is 0.122 e. The molecule has 0 radical (unpaired) electrons. The zero-order valence-electron chi connectivity index (χ0n) is 13.6. The summed E-state index contributed by atoms with van der Waals surface area (Å²) in [6.45, 7) is 3.70. The van der Waals surface area contributed by atoms with Gasteiger partial charge in [-0.2, -0.15) is 0 Å². The van der Waals surface area contributed by atoms with Gasteiger partial charge in [-0.3, -0.25) is 0 Å². The van der Waals surface area contributed by atoms with Crippen LogP contribution in [0.3, 0.4) is 0 Å². The quantitative estimate of drug-likeness (QED) is 0.665. The second-order valence-corrected chi connectivity index (χ2v) is 5.75. The molecule has 2 rings (SSSR count). The molecule has 2 aromatic rings. The fourth-order valence-electron chi connectivity index (χ4n) is 2.52. The molecule has 0 spiro atoms. The molecule has 0 fully saturated rings. The van der Waals surface area contributed by atoms with Crippen molar-refractivity contribution < 1.29 is 4.74 Å².